The van der Waals surface area contributed by atoms with Crippen LogP contribution in [0.25, 0.3) is 11.5 Å². The van der Waals surface area contributed by atoms with Gasteiger partial charge in [-0.3, -0.25) is 4.90 Å². The van der Waals surface area contributed by atoms with Crippen molar-refractivity contribution in [2.75, 3.05) is 13.1 Å². The summed E-state index contributed by atoms with van der Waals surface area (Å²) in [4.78, 5) is 6.85. The Morgan fingerprint density at radius 1 is 1.28 bits per heavy atom. The highest BCUT2D eigenvalue weighted by Gasteiger charge is 2.37. The molecule has 1 aliphatic rings. The molecule has 7 nitrogen and oxygen atoms in total. The SMILES string of the molecule is Cc1oc(-c2ccccc2)nc1CN1CCC(O)(Cn2ccnn2)C1. The van der Waals surface area contributed by atoms with E-state index < -0.39 is 5.60 Å². The van der Waals surface area contributed by atoms with Gasteiger partial charge in [0.15, 0.2) is 0 Å². The lowest BCUT2D eigenvalue weighted by molar-refractivity contribution is 0.0273. The Balaban J connectivity index is 1.44. The van der Waals surface area contributed by atoms with Crippen LogP contribution < -0.4 is 0 Å². The summed E-state index contributed by atoms with van der Waals surface area (Å²) in [7, 11) is 0. The van der Waals surface area contributed by atoms with Crippen molar-refractivity contribution in [2.24, 2.45) is 0 Å². The number of benzene rings is 1. The van der Waals surface area contributed by atoms with E-state index in [0.29, 0.717) is 31.9 Å². The van der Waals surface area contributed by atoms with Crippen LogP contribution in [-0.4, -0.2) is 48.7 Å². The molecule has 0 radical (unpaired) electrons. The molecule has 1 unspecified atom stereocenters. The van der Waals surface area contributed by atoms with Crippen molar-refractivity contribution >= 4 is 0 Å². The number of aliphatic hydroxyl groups is 1. The van der Waals surface area contributed by atoms with E-state index in [1.54, 1.807) is 17.1 Å². The second-order valence-electron chi connectivity index (χ2n) is 6.67. The summed E-state index contributed by atoms with van der Waals surface area (Å²) in [5.74, 6) is 1.47. The Kier molecular flexibility index (Phi) is 4.10. The van der Waals surface area contributed by atoms with Crippen molar-refractivity contribution in [2.45, 2.75) is 32.0 Å². The fourth-order valence-electron chi connectivity index (χ4n) is 3.31. The third-order valence-corrected chi connectivity index (χ3v) is 4.63. The van der Waals surface area contributed by atoms with Gasteiger partial charge >= 0.3 is 0 Å². The Morgan fingerprint density at radius 2 is 2.12 bits per heavy atom. The lowest BCUT2D eigenvalue weighted by Crippen LogP contribution is -2.37. The van der Waals surface area contributed by atoms with E-state index >= 15 is 0 Å². The Labute approximate surface area is 145 Å². The van der Waals surface area contributed by atoms with Crippen LogP contribution in [0.3, 0.4) is 0 Å². The van der Waals surface area contributed by atoms with Crippen molar-refractivity contribution in [1.82, 2.24) is 24.9 Å². The minimum atomic E-state index is -0.784. The maximum absolute atomic E-state index is 10.8. The van der Waals surface area contributed by atoms with Crippen LogP contribution in [0.2, 0.25) is 0 Å². The van der Waals surface area contributed by atoms with Gasteiger partial charge < -0.3 is 9.52 Å². The Hall–Kier alpha value is -2.51. The summed E-state index contributed by atoms with van der Waals surface area (Å²) < 4.78 is 7.50. The first-order chi connectivity index (χ1) is 12.1. The number of hydrogen-bond acceptors (Lipinski definition) is 6. The fraction of sp³-hybridized carbons (Fsp3) is 0.389. The van der Waals surface area contributed by atoms with Gasteiger partial charge in [0.05, 0.1) is 24.0 Å². The largest absolute Gasteiger partial charge is 0.441 e. The van der Waals surface area contributed by atoms with E-state index in [9.17, 15) is 5.11 Å². The van der Waals surface area contributed by atoms with E-state index in [1.165, 1.54) is 0 Å². The molecule has 2 aromatic heterocycles. The van der Waals surface area contributed by atoms with Crippen molar-refractivity contribution < 1.29 is 9.52 Å². The first-order valence-electron chi connectivity index (χ1n) is 8.42. The number of likely N-dealkylation sites (tertiary alicyclic amines) is 1. The summed E-state index contributed by atoms with van der Waals surface area (Å²) in [6.45, 7) is 4.46. The zero-order chi connectivity index (χ0) is 17.3. The standard InChI is InChI=1S/C18H21N5O2/c1-14-16(20-17(25-14)15-5-3-2-4-6-15)11-22-9-7-18(24,12-22)13-23-10-8-19-21-23/h2-6,8,10,24H,7,9,11-13H2,1H3. The van der Waals surface area contributed by atoms with Crippen molar-refractivity contribution in [3.8, 4) is 11.5 Å². The van der Waals surface area contributed by atoms with Gasteiger partial charge in [0.1, 0.15) is 5.76 Å². The highest BCUT2D eigenvalue weighted by atomic mass is 16.4. The molecule has 3 heterocycles. The van der Waals surface area contributed by atoms with E-state index in [2.05, 4.69) is 20.2 Å². The molecular formula is C18H21N5O2. The lowest BCUT2D eigenvalue weighted by Gasteiger charge is -2.22. The fourth-order valence-corrected chi connectivity index (χ4v) is 3.31. The van der Waals surface area contributed by atoms with Crippen molar-refractivity contribution in [3.63, 3.8) is 0 Å². The first-order valence-corrected chi connectivity index (χ1v) is 8.42. The summed E-state index contributed by atoms with van der Waals surface area (Å²) in [6.07, 6.45) is 4.10. The number of β-amino-alcohol motifs (C(OH)–C–C–N with tert-alkyl or cyclic N) is 1. The highest BCUT2D eigenvalue weighted by Crippen LogP contribution is 2.27. The number of hydrogen-bond donors (Lipinski definition) is 1. The molecule has 7 heteroatoms. The quantitative estimate of drug-likeness (QED) is 0.764. The molecule has 1 fully saturated rings. The molecule has 0 saturated carbocycles. The van der Waals surface area contributed by atoms with Gasteiger partial charge in [-0.1, -0.05) is 23.4 Å². The van der Waals surface area contributed by atoms with E-state index in [-0.39, 0.29) is 0 Å². The molecular weight excluding hydrogens is 318 g/mol. The van der Waals surface area contributed by atoms with Gasteiger partial charge in [0.25, 0.3) is 0 Å². The molecule has 3 aromatic rings. The van der Waals surface area contributed by atoms with Crippen LogP contribution in [0, 0.1) is 6.92 Å². The first kappa shape index (κ1) is 16.0. The maximum Gasteiger partial charge on any atom is 0.226 e. The summed E-state index contributed by atoms with van der Waals surface area (Å²) in [5.41, 5.74) is 1.11. The van der Waals surface area contributed by atoms with Crippen LogP contribution in [-0.2, 0) is 13.1 Å². The third kappa shape index (κ3) is 3.47. The molecule has 1 aliphatic heterocycles. The van der Waals surface area contributed by atoms with Crippen LogP contribution in [0.1, 0.15) is 17.9 Å². The topological polar surface area (TPSA) is 80.2 Å². The molecule has 0 amide bonds. The Morgan fingerprint density at radius 3 is 2.88 bits per heavy atom. The number of rotatable bonds is 5. The molecule has 0 aliphatic carbocycles. The maximum atomic E-state index is 10.8. The van der Waals surface area contributed by atoms with Crippen molar-refractivity contribution in [3.05, 3.63) is 54.2 Å². The molecule has 1 aromatic carbocycles. The molecule has 0 spiro atoms. The molecule has 0 bridgehead atoms. The molecule has 1 atom stereocenters. The molecule has 4 rings (SSSR count). The van der Waals surface area contributed by atoms with E-state index in [0.717, 1.165) is 23.6 Å². The van der Waals surface area contributed by atoms with E-state index in [4.69, 9.17) is 4.42 Å². The molecule has 130 valence electrons. The van der Waals surface area contributed by atoms with Gasteiger partial charge in [-0.25, -0.2) is 9.67 Å². The van der Waals surface area contributed by atoms with Crippen LogP contribution in [0.4, 0.5) is 0 Å². The second kappa shape index (κ2) is 6.42. The van der Waals surface area contributed by atoms with Crippen LogP contribution in [0.15, 0.2) is 47.1 Å². The third-order valence-electron chi connectivity index (χ3n) is 4.63. The Bertz CT molecular complexity index is 831. The van der Waals surface area contributed by atoms with Gasteiger partial charge in [-0.2, -0.15) is 0 Å². The summed E-state index contributed by atoms with van der Waals surface area (Å²) >= 11 is 0. The minimum absolute atomic E-state index is 0.455. The predicted molar refractivity (Wildman–Crippen MR) is 91.5 cm³/mol. The van der Waals surface area contributed by atoms with E-state index in [1.807, 2.05) is 37.3 Å². The lowest BCUT2D eigenvalue weighted by atomic mass is 10.0. The number of oxazole rings is 1. The molecule has 1 N–H and O–H groups in total. The van der Waals surface area contributed by atoms with Crippen LogP contribution >= 0.6 is 0 Å². The predicted octanol–water partition coefficient (Wildman–Crippen LogP) is 1.88. The monoisotopic (exact) mass is 339 g/mol. The summed E-state index contributed by atoms with van der Waals surface area (Å²) in [5, 5.41) is 18.5. The minimum Gasteiger partial charge on any atom is -0.441 e. The zero-order valence-corrected chi connectivity index (χ0v) is 14.2. The van der Waals surface area contributed by atoms with Gasteiger partial charge in [0.2, 0.25) is 5.89 Å². The van der Waals surface area contributed by atoms with Gasteiger partial charge in [0, 0.05) is 31.4 Å². The van der Waals surface area contributed by atoms with Gasteiger partial charge in [-0.05, 0) is 25.5 Å². The number of aromatic nitrogens is 4. The normalized spacial score (nSPS) is 21.0. The number of aryl methyl sites for hydroxylation is 1. The second-order valence-corrected chi connectivity index (χ2v) is 6.67. The smallest absolute Gasteiger partial charge is 0.226 e. The van der Waals surface area contributed by atoms with Gasteiger partial charge in [-0.15, -0.1) is 5.10 Å². The zero-order valence-electron chi connectivity index (χ0n) is 14.2. The average Bonchev–Trinajstić information content (AvgIpc) is 3.32. The molecule has 25 heavy (non-hydrogen) atoms. The number of nitrogens with zero attached hydrogens (tertiary/aromatic N) is 5. The molecule has 1 saturated heterocycles. The van der Waals surface area contributed by atoms with Crippen LogP contribution in [0.5, 0.6) is 0 Å². The van der Waals surface area contributed by atoms with Crippen molar-refractivity contribution in [1.29, 1.82) is 0 Å². The highest BCUT2D eigenvalue weighted by molar-refractivity contribution is 5.53. The average molecular weight is 339 g/mol. The summed E-state index contributed by atoms with van der Waals surface area (Å²) in [6, 6.07) is 9.89.